The first-order chi connectivity index (χ1) is 12.1. The fourth-order valence-corrected chi connectivity index (χ4v) is 3.54. The van der Waals surface area contributed by atoms with Crippen LogP contribution in [0.25, 0.3) is 0 Å². The lowest BCUT2D eigenvalue weighted by Gasteiger charge is -2.27. The first-order valence-electron chi connectivity index (χ1n) is 7.32. The highest BCUT2D eigenvalue weighted by atomic mass is 35.5. The van der Waals surface area contributed by atoms with Gasteiger partial charge in [-0.05, 0) is 42.5 Å². The Morgan fingerprint density at radius 3 is 2.27 bits per heavy atom. The van der Waals surface area contributed by atoms with Gasteiger partial charge in [0.1, 0.15) is 12.4 Å². The summed E-state index contributed by atoms with van der Waals surface area (Å²) in [5.41, 5.74) is 0.444. The van der Waals surface area contributed by atoms with Crippen LogP contribution in [-0.2, 0) is 15.0 Å². The van der Waals surface area contributed by atoms with Gasteiger partial charge in [-0.3, -0.25) is 4.79 Å². The van der Waals surface area contributed by atoms with Gasteiger partial charge >= 0.3 is 10.2 Å². The van der Waals surface area contributed by atoms with Crippen molar-refractivity contribution in [1.29, 1.82) is 0 Å². The molecule has 2 aromatic carbocycles. The molecule has 140 valence electrons. The molecule has 0 aromatic heterocycles. The summed E-state index contributed by atoms with van der Waals surface area (Å²) in [6.45, 7) is -0.523. The Hall–Kier alpha value is -1.87. The Labute approximate surface area is 161 Å². The number of halogens is 3. The van der Waals surface area contributed by atoms with Crippen molar-refractivity contribution in [1.82, 2.24) is 4.31 Å². The highest BCUT2D eigenvalue weighted by Gasteiger charge is 2.27. The Morgan fingerprint density at radius 1 is 1.12 bits per heavy atom. The molecule has 26 heavy (non-hydrogen) atoms. The average Bonchev–Trinajstić information content (AvgIpc) is 2.56. The Balaban J connectivity index is 2.28. The number of anilines is 2. The highest BCUT2D eigenvalue weighted by molar-refractivity contribution is 7.90. The molecule has 0 saturated carbocycles. The second-order valence-corrected chi connectivity index (χ2v) is 8.36. The van der Waals surface area contributed by atoms with Crippen LogP contribution in [0.4, 0.5) is 15.8 Å². The van der Waals surface area contributed by atoms with Crippen LogP contribution in [0.15, 0.2) is 42.5 Å². The van der Waals surface area contributed by atoms with Crippen LogP contribution in [0.5, 0.6) is 0 Å². The van der Waals surface area contributed by atoms with Crippen molar-refractivity contribution in [2.75, 3.05) is 30.3 Å². The van der Waals surface area contributed by atoms with Crippen molar-refractivity contribution < 1.29 is 17.6 Å². The van der Waals surface area contributed by atoms with E-state index in [-0.39, 0.29) is 10.7 Å². The number of amides is 1. The van der Waals surface area contributed by atoms with Crippen molar-refractivity contribution in [3.05, 3.63) is 58.3 Å². The summed E-state index contributed by atoms with van der Waals surface area (Å²) < 4.78 is 40.1. The smallest absolute Gasteiger partial charge is 0.304 e. The van der Waals surface area contributed by atoms with E-state index in [0.717, 1.165) is 20.7 Å². The summed E-state index contributed by atoms with van der Waals surface area (Å²) in [6, 6.07) is 9.27. The lowest BCUT2D eigenvalue weighted by molar-refractivity contribution is -0.114. The topological polar surface area (TPSA) is 69.7 Å². The third-order valence-corrected chi connectivity index (χ3v) is 5.71. The predicted molar refractivity (Wildman–Crippen MR) is 101 cm³/mol. The molecule has 0 fully saturated rings. The maximum atomic E-state index is 13.1. The predicted octanol–water partition coefficient (Wildman–Crippen LogP) is 3.38. The fourth-order valence-electron chi connectivity index (χ4n) is 2.02. The van der Waals surface area contributed by atoms with Gasteiger partial charge in [-0.25, -0.2) is 8.70 Å². The molecular formula is C16H16Cl2FN3O3S. The van der Waals surface area contributed by atoms with Gasteiger partial charge < -0.3 is 5.32 Å². The molecule has 10 heteroatoms. The van der Waals surface area contributed by atoms with Crippen LogP contribution < -0.4 is 9.62 Å². The first kappa shape index (κ1) is 20.4. The van der Waals surface area contributed by atoms with Crippen LogP contribution in [0.3, 0.4) is 0 Å². The summed E-state index contributed by atoms with van der Waals surface area (Å²) >= 11 is 11.8. The molecule has 0 aliphatic heterocycles. The summed E-state index contributed by atoms with van der Waals surface area (Å²) in [5, 5.41) is 3.15. The molecule has 2 aromatic rings. The molecule has 6 nitrogen and oxygen atoms in total. The molecule has 0 saturated heterocycles. The van der Waals surface area contributed by atoms with Gasteiger partial charge in [0.2, 0.25) is 5.91 Å². The number of hydrogen-bond acceptors (Lipinski definition) is 3. The van der Waals surface area contributed by atoms with E-state index in [9.17, 15) is 17.6 Å². The molecule has 1 amide bonds. The summed E-state index contributed by atoms with van der Waals surface area (Å²) in [7, 11) is -1.31. The minimum Gasteiger partial charge on any atom is -0.323 e. The average molecular weight is 420 g/mol. The van der Waals surface area contributed by atoms with Gasteiger partial charge in [0.05, 0.1) is 16.4 Å². The van der Waals surface area contributed by atoms with Crippen LogP contribution in [0, 0.1) is 5.82 Å². The summed E-state index contributed by atoms with van der Waals surface area (Å²) in [4.78, 5) is 12.4. The molecule has 2 rings (SSSR count). The number of nitrogens with zero attached hydrogens (tertiary/aromatic N) is 2. The molecule has 0 aliphatic rings. The van der Waals surface area contributed by atoms with Gasteiger partial charge in [0, 0.05) is 19.1 Å². The van der Waals surface area contributed by atoms with Crippen molar-refractivity contribution in [2.24, 2.45) is 0 Å². The number of carbonyl (C=O) groups excluding carboxylic acids is 1. The highest BCUT2D eigenvalue weighted by Crippen LogP contribution is 2.26. The van der Waals surface area contributed by atoms with Gasteiger partial charge in [0.15, 0.2) is 0 Å². The zero-order chi connectivity index (χ0) is 19.5. The molecule has 0 spiro atoms. The van der Waals surface area contributed by atoms with E-state index in [4.69, 9.17) is 23.2 Å². The normalized spacial score (nSPS) is 11.5. The summed E-state index contributed by atoms with van der Waals surface area (Å²) in [5.74, 6) is -1.14. The number of benzene rings is 2. The van der Waals surface area contributed by atoms with E-state index in [1.165, 1.54) is 44.4 Å². The zero-order valence-electron chi connectivity index (χ0n) is 13.9. The SMILES string of the molecule is CN(C)S(=O)(=O)N(CC(=O)Nc1ccc(Cl)cc1Cl)c1ccc(F)cc1. The van der Waals surface area contributed by atoms with Crippen molar-refractivity contribution in [2.45, 2.75) is 0 Å². The lowest BCUT2D eigenvalue weighted by atomic mass is 10.3. The largest absolute Gasteiger partial charge is 0.323 e. The van der Waals surface area contributed by atoms with Crippen molar-refractivity contribution in [3.8, 4) is 0 Å². The second-order valence-electron chi connectivity index (χ2n) is 5.45. The Bertz CT molecular complexity index is 905. The molecule has 1 N–H and O–H groups in total. The monoisotopic (exact) mass is 419 g/mol. The molecule has 0 radical (unpaired) electrons. The van der Waals surface area contributed by atoms with Gasteiger partial charge in [-0.1, -0.05) is 23.2 Å². The van der Waals surface area contributed by atoms with Gasteiger partial charge in [-0.15, -0.1) is 0 Å². The van der Waals surface area contributed by atoms with E-state index in [1.807, 2.05) is 0 Å². The van der Waals surface area contributed by atoms with Crippen molar-refractivity contribution in [3.63, 3.8) is 0 Å². The molecule has 0 unspecified atom stereocenters. The number of rotatable bonds is 6. The van der Waals surface area contributed by atoms with Crippen LogP contribution in [-0.4, -0.2) is 39.3 Å². The van der Waals surface area contributed by atoms with Crippen LogP contribution in [0.1, 0.15) is 0 Å². The maximum Gasteiger partial charge on any atom is 0.304 e. The van der Waals surface area contributed by atoms with E-state index < -0.39 is 28.5 Å². The Kier molecular flexibility index (Phi) is 6.46. The number of hydrogen-bond donors (Lipinski definition) is 1. The third kappa shape index (κ3) is 4.85. The molecule has 0 bridgehead atoms. The number of carbonyl (C=O) groups is 1. The third-order valence-electron chi connectivity index (χ3n) is 3.35. The van der Waals surface area contributed by atoms with E-state index >= 15 is 0 Å². The van der Waals surface area contributed by atoms with Crippen LogP contribution in [0.2, 0.25) is 10.0 Å². The standard InChI is InChI=1S/C16H16Cl2FN3O3S/c1-21(2)26(24,25)22(13-6-4-12(19)5-7-13)10-16(23)20-15-8-3-11(17)9-14(15)18/h3-9H,10H2,1-2H3,(H,20,23). The Morgan fingerprint density at radius 2 is 1.73 bits per heavy atom. The van der Waals surface area contributed by atoms with Gasteiger partial charge in [0.25, 0.3) is 0 Å². The fraction of sp³-hybridized carbons (Fsp3) is 0.188. The van der Waals surface area contributed by atoms with E-state index in [2.05, 4.69) is 5.32 Å². The second kappa shape index (κ2) is 8.22. The molecule has 0 aliphatic carbocycles. The lowest BCUT2D eigenvalue weighted by Crippen LogP contribution is -2.44. The molecular weight excluding hydrogens is 404 g/mol. The first-order valence-corrected chi connectivity index (χ1v) is 9.47. The van der Waals surface area contributed by atoms with Gasteiger partial charge in [-0.2, -0.15) is 12.7 Å². The van der Waals surface area contributed by atoms with E-state index in [0.29, 0.717) is 10.7 Å². The minimum absolute atomic E-state index is 0.150. The minimum atomic E-state index is -3.98. The van der Waals surface area contributed by atoms with Crippen molar-refractivity contribution >= 4 is 50.7 Å². The van der Waals surface area contributed by atoms with E-state index in [1.54, 1.807) is 0 Å². The zero-order valence-corrected chi connectivity index (χ0v) is 16.2. The number of nitrogens with one attached hydrogen (secondary N) is 1. The quantitative estimate of drug-likeness (QED) is 0.779. The molecule has 0 heterocycles. The molecule has 0 atom stereocenters. The summed E-state index contributed by atoms with van der Waals surface area (Å²) in [6.07, 6.45) is 0. The van der Waals surface area contributed by atoms with Crippen LogP contribution >= 0.6 is 23.2 Å². The maximum absolute atomic E-state index is 13.1.